The first-order valence-corrected chi connectivity index (χ1v) is 4.62. The van der Waals surface area contributed by atoms with Crippen molar-refractivity contribution in [3.63, 3.8) is 0 Å². The molecule has 12 heavy (non-hydrogen) atoms. The first-order valence-electron chi connectivity index (χ1n) is 4.62. The Hall–Kier alpha value is -0.180. The molecule has 0 saturated heterocycles. The maximum absolute atomic E-state index is 13.0. The van der Waals surface area contributed by atoms with Crippen LogP contribution in [0.4, 0.5) is 8.78 Å². The van der Waals surface area contributed by atoms with E-state index in [9.17, 15) is 8.78 Å². The smallest absolute Gasteiger partial charge is 0.262 e. The quantitative estimate of drug-likeness (QED) is 0.612. The molecular weight excluding hydrogens is 160 g/mol. The van der Waals surface area contributed by atoms with E-state index >= 15 is 0 Å². The van der Waals surface area contributed by atoms with Crippen LogP contribution < -0.4 is 5.73 Å². The van der Waals surface area contributed by atoms with Gasteiger partial charge in [-0.05, 0) is 12.8 Å². The predicted octanol–water partition coefficient (Wildman–Crippen LogP) is 2.69. The topological polar surface area (TPSA) is 26.0 Å². The van der Waals surface area contributed by atoms with Gasteiger partial charge in [0.2, 0.25) is 0 Å². The maximum Gasteiger partial charge on any atom is 0.262 e. The van der Waals surface area contributed by atoms with Crippen LogP contribution >= 0.6 is 0 Å². The van der Waals surface area contributed by atoms with Crippen molar-refractivity contribution < 1.29 is 8.78 Å². The first-order chi connectivity index (χ1) is 5.46. The van der Waals surface area contributed by atoms with E-state index in [1.807, 2.05) is 0 Å². The van der Waals surface area contributed by atoms with Gasteiger partial charge in [0.15, 0.2) is 0 Å². The zero-order valence-electron chi connectivity index (χ0n) is 7.58. The second-order valence-electron chi connectivity index (χ2n) is 3.96. The Morgan fingerprint density at radius 1 is 1.08 bits per heavy atom. The molecule has 0 aromatic carbocycles. The normalized spacial score (nSPS) is 25.0. The standard InChI is InChI=1S/C9H17F2N/c1-8(10,11)9(12)6-4-2-3-5-7-9/h2-7,12H2,1H3. The Morgan fingerprint density at radius 2 is 1.50 bits per heavy atom. The molecule has 72 valence electrons. The SMILES string of the molecule is CC(F)(F)C1(N)CCCCCC1. The van der Waals surface area contributed by atoms with Gasteiger partial charge in [-0.25, -0.2) is 8.78 Å². The molecule has 0 heterocycles. The Kier molecular flexibility index (Phi) is 2.71. The van der Waals surface area contributed by atoms with E-state index in [-0.39, 0.29) is 0 Å². The van der Waals surface area contributed by atoms with Crippen molar-refractivity contribution in [3.8, 4) is 0 Å². The van der Waals surface area contributed by atoms with Crippen LogP contribution in [0.3, 0.4) is 0 Å². The van der Waals surface area contributed by atoms with Crippen molar-refractivity contribution in [2.45, 2.75) is 56.9 Å². The predicted molar refractivity (Wildman–Crippen MR) is 45.2 cm³/mol. The first kappa shape index (κ1) is 9.90. The van der Waals surface area contributed by atoms with Crippen LogP contribution in [-0.2, 0) is 0 Å². The van der Waals surface area contributed by atoms with Gasteiger partial charge in [-0.1, -0.05) is 25.7 Å². The fraction of sp³-hybridized carbons (Fsp3) is 1.00. The highest BCUT2D eigenvalue weighted by Crippen LogP contribution is 2.36. The molecule has 1 fully saturated rings. The Bertz CT molecular complexity index is 143. The number of hydrogen-bond acceptors (Lipinski definition) is 1. The van der Waals surface area contributed by atoms with Crippen LogP contribution in [0.1, 0.15) is 45.4 Å². The van der Waals surface area contributed by atoms with E-state index in [0.717, 1.165) is 32.6 Å². The zero-order valence-corrected chi connectivity index (χ0v) is 7.58. The fourth-order valence-electron chi connectivity index (χ4n) is 1.80. The van der Waals surface area contributed by atoms with Gasteiger partial charge in [0.25, 0.3) is 5.92 Å². The Labute approximate surface area is 72.3 Å². The van der Waals surface area contributed by atoms with Gasteiger partial charge in [-0.3, -0.25) is 0 Å². The lowest BCUT2D eigenvalue weighted by Crippen LogP contribution is -2.53. The van der Waals surface area contributed by atoms with E-state index in [4.69, 9.17) is 5.73 Å². The minimum atomic E-state index is -2.72. The van der Waals surface area contributed by atoms with Crippen molar-refractivity contribution >= 4 is 0 Å². The van der Waals surface area contributed by atoms with Crippen molar-refractivity contribution in [2.75, 3.05) is 0 Å². The molecule has 0 bridgehead atoms. The summed E-state index contributed by atoms with van der Waals surface area (Å²) in [5.74, 6) is -2.72. The second kappa shape index (κ2) is 3.29. The highest BCUT2D eigenvalue weighted by atomic mass is 19.3. The maximum atomic E-state index is 13.0. The van der Waals surface area contributed by atoms with Crippen molar-refractivity contribution in [1.29, 1.82) is 0 Å². The van der Waals surface area contributed by atoms with Crippen LogP contribution in [0.5, 0.6) is 0 Å². The highest BCUT2D eigenvalue weighted by molar-refractivity contribution is 4.95. The summed E-state index contributed by atoms with van der Waals surface area (Å²) >= 11 is 0. The average molecular weight is 177 g/mol. The highest BCUT2D eigenvalue weighted by Gasteiger charge is 2.46. The minimum Gasteiger partial charge on any atom is -0.320 e. The van der Waals surface area contributed by atoms with Gasteiger partial charge in [-0.15, -0.1) is 0 Å². The molecule has 0 aromatic rings. The molecule has 0 unspecified atom stereocenters. The number of hydrogen-bond donors (Lipinski definition) is 1. The number of nitrogens with two attached hydrogens (primary N) is 1. The van der Waals surface area contributed by atoms with Gasteiger partial charge in [-0.2, -0.15) is 0 Å². The molecule has 1 aliphatic carbocycles. The lowest BCUT2D eigenvalue weighted by molar-refractivity contribution is -0.0633. The largest absolute Gasteiger partial charge is 0.320 e. The number of rotatable bonds is 1. The monoisotopic (exact) mass is 177 g/mol. The molecular formula is C9H17F2N. The van der Waals surface area contributed by atoms with Crippen LogP contribution in [0, 0.1) is 0 Å². The molecule has 1 nitrogen and oxygen atoms in total. The zero-order chi connectivity index (χ0) is 9.24. The van der Waals surface area contributed by atoms with Crippen molar-refractivity contribution in [3.05, 3.63) is 0 Å². The molecule has 2 N–H and O–H groups in total. The average Bonchev–Trinajstić information content (AvgIpc) is 2.12. The van der Waals surface area contributed by atoms with Crippen molar-refractivity contribution in [1.82, 2.24) is 0 Å². The summed E-state index contributed by atoms with van der Waals surface area (Å²) in [4.78, 5) is 0. The molecule has 0 amide bonds. The molecule has 0 aromatic heterocycles. The third kappa shape index (κ3) is 1.94. The molecule has 1 saturated carbocycles. The Morgan fingerprint density at radius 3 is 1.83 bits per heavy atom. The fourth-order valence-corrected chi connectivity index (χ4v) is 1.80. The van der Waals surface area contributed by atoms with Gasteiger partial charge in [0.05, 0.1) is 5.54 Å². The lowest BCUT2D eigenvalue weighted by Gasteiger charge is -2.34. The van der Waals surface area contributed by atoms with Gasteiger partial charge >= 0.3 is 0 Å². The second-order valence-corrected chi connectivity index (χ2v) is 3.96. The van der Waals surface area contributed by atoms with Crippen LogP contribution in [0.15, 0.2) is 0 Å². The van der Waals surface area contributed by atoms with E-state index < -0.39 is 11.5 Å². The minimum absolute atomic E-state index is 0.469. The molecule has 0 atom stereocenters. The summed E-state index contributed by atoms with van der Waals surface area (Å²) in [5.41, 5.74) is 4.45. The van der Waals surface area contributed by atoms with E-state index in [2.05, 4.69) is 0 Å². The molecule has 3 heteroatoms. The lowest BCUT2D eigenvalue weighted by atomic mass is 9.85. The third-order valence-corrected chi connectivity index (χ3v) is 2.87. The van der Waals surface area contributed by atoms with E-state index in [1.54, 1.807) is 0 Å². The van der Waals surface area contributed by atoms with Crippen LogP contribution in [0.2, 0.25) is 0 Å². The summed E-state index contributed by atoms with van der Waals surface area (Å²) in [6, 6.07) is 0. The van der Waals surface area contributed by atoms with Crippen LogP contribution in [-0.4, -0.2) is 11.5 Å². The number of halogens is 2. The molecule has 0 aliphatic heterocycles. The summed E-state index contributed by atoms with van der Waals surface area (Å²) in [6.07, 6.45) is 4.73. The molecule has 0 radical (unpaired) electrons. The molecule has 1 aliphatic rings. The Balaban J connectivity index is 2.67. The molecule has 1 rings (SSSR count). The summed E-state index contributed by atoms with van der Waals surface area (Å²) in [5, 5.41) is 0. The van der Waals surface area contributed by atoms with Gasteiger partial charge < -0.3 is 5.73 Å². The summed E-state index contributed by atoms with van der Waals surface area (Å²) < 4.78 is 26.1. The third-order valence-electron chi connectivity index (χ3n) is 2.87. The van der Waals surface area contributed by atoms with E-state index in [0.29, 0.717) is 12.8 Å². The summed E-state index contributed by atoms with van der Waals surface area (Å²) in [7, 11) is 0. The number of alkyl halides is 2. The van der Waals surface area contributed by atoms with Crippen LogP contribution in [0.25, 0.3) is 0 Å². The molecule has 0 spiro atoms. The van der Waals surface area contributed by atoms with Gasteiger partial charge in [0, 0.05) is 6.92 Å². The van der Waals surface area contributed by atoms with E-state index in [1.165, 1.54) is 0 Å². The van der Waals surface area contributed by atoms with Crippen molar-refractivity contribution in [2.24, 2.45) is 5.73 Å². The van der Waals surface area contributed by atoms with Gasteiger partial charge in [0.1, 0.15) is 0 Å². The summed E-state index contributed by atoms with van der Waals surface area (Å²) in [6.45, 7) is 0.943.